The van der Waals surface area contributed by atoms with Gasteiger partial charge in [0.25, 0.3) is 5.91 Å². The van der Waals surface area contributed by atoms with E-state index in [0.29, 0.717) is 41.7 Å². The minimum Gasteiger partial charge on any atom is -0.387 e. The van der Waals surface area contributed by atoms with Crippen molar-refractivity contribution >= 4 is 34.9 Å². The normalized spacial score (nSPS) is 19.6. The number of aliphatic hydroxyl groups excluding tert-OH is 1. The van der Waals surface area contributed by atoms with Crippen molar-refractivity contribution in [2.45, 2.75) is 31.8 Å². The van der Waals surface area contributed by atoms with Crippen LogP contribution in [0.1, 0.15) is 47.0 Å². The lowest BCUT2D eigenvalue weighted by Gasteiger charge is -2.53. The van der Waals surface area contributed by atoms with Crippen molar-refractivity contribution in [1.82, 2.24) is 25.2 Å². The summed E-state index contributed by atoms with van der Waals surface area (Å²) < 4.78 is 0. The van der Waals surface area contributed by atoms with Gasteiger partial charge in [-0.1, -0.05) is 12.1 Å². The highest BCUT2D eigenvalue weighted by Gasteiger charge is 2.43. The molecular weight excluding hydrogens is 504 g/mol. The van der Waals surface area contributed by atoms with Gasteiger partial charge in [-0.2, -0.15) is 4.98 Å². The van der Waals surface area contributed by atoms with Crippen LogP contribution in [0.2, 0.25) is 0 Å². The zero-order valence-corrected chi connectivity index (χ0v) is 22.9. The van der Waals surface area contributed by atoms with Crippen molar-refractivity contribution in [3.63, 3.8) is 0 Å². The van der Waals surface area contributed by atoms with Gasteiger partial charge in [0.05, 0.1) is 11.8 Å². The highest BCUT2D eigenvalue weighted by molar-refractivity contribution is 5.99. The molecule has 0 saturated carbocycles. The molecule has 10 heteroatoms. The zero-order chi connectivity index (χ0) is 27.7. The van der Waals surface area contributed by atoms with Gasteiger partial charge < -0.3 is 30.9 Å². The van der Waals surface area contributed by atoms with Crippen LogP contribution in [0, 0.1) is 5.41 Å². The molecule has 2 fully saturated rings. The summed E-state index contributed by atoms with van der Waals surface area (Å²) in [5.41, 5.74) is 4.59. The molecule has 1 amide bonds. The number of hydrogen-bond acceptors (Lipinski definition) is 9. The van der Waals surface area contributed by atoms with Crippen LogP contribution in [0.15, 0.2) is 55.3 Å². The largest absolute Gasteiger partial charge is 0.387 e. The Balaban J connectivity index is 1.17. The smallest absolute Gasteiger partial charge is 0.256 e. The molecule has 0 radical (unpaired) electrons. The molecule has 6 rings (SSSR count). The van der Waals surface area contributed by atoms with Crippen LogP contribution in [0.4, 0.5) is 29.0 Å². The Labute approximate surface area is 234 Å². The second-order valence-electron chi connectivity index (χ2n) is 11.2. The first-order chi connectivity index (χ1) is 19.4. The van der Waals surface area contributed by atoms with E-state index in [2.05, 4.69) is 66.5 Å². The number of nitrogens with one attached hydrogen (secondary N) is 3. The number of likely N-dealkylation sites (tertiary alicyclic amines) is 1. The number of aromatic nitrogens is 3. The van der Waals surface area contributed by atoms with E-state index in [1.165, 1.54) is 37.8 Å². The molecule has 1 atom stereocenters. The molecule has 2 aromatic heterocycles. The first-order valence-corrected chi connectivity index (χ1v) is 13.9. The van der Waals surface area contributed by atoms with E-state index >= 15 is 0 Å². The summed E-state index contributed by atoms with van der Waals surface area (Å²) in [5, 5.41) is 19.5. The number of aryl methyl sites for hydroxylation is 1. The van der Waals surface area contributed by atoms with E-state index in [4.69, 9.17) is 0 Å². The van der Waals surface area contributed by atoms with Gasteiger partial charge in [-0.3, -0.25) is 4.79 Å². The number of aliphatic hydroxyl groups is 1. The SMILES string of the molecule is C=CCNC(=O)c1cnc(Nc2ccc(N3CCC4(CC3)CN(C)C4)cc2)nc1Nc1ccc2c(n1)C(O)CC2. The third-order valence-corrected chi connectivity index (χ3v) is 8.23. The van der Waals surface area contributed by atoms with Gasteiger partial charge in [0.1, 0.15) is 17.2 Å². The van der Waals surface area contributed by atoms with Crippen LogP contribution in [0.3, 0.4) is 0 Å². The third kappa shape index (κ3) is 5.37. The molecule has 2 aliphatic heterocycles. The molecule has 4 heterocycles. The fourth-order valence-corrected chi connectivity index (χ4v) is 6.13. The maximum atomic E-state index is 12.8. The highest BCUT2D eigenvalue weighted by atomic mass is 16.3. The lowest BCUT2D eigenvalue weighted by molar-refractivity contribution is 0.00132. The summed E-state index contributed by atoms with van der Waals surface area (Å²) in [6.07, 6.45) is 6.48. The van der Waals surface area contributed by atoms with Crippen molar-refractivity contribution in [1.29, 1.82) is 0 Å². The van der Waals surface area contributed by atoms with E-state index in [9.17, 15) is 9.90 Å². The number of pyridine rings is 1. The summed E-state index contributed by atoms with van der Waals surface area (Å²) in [6.45, 7) is 8.60. The number of carbonyl (C=O) groups excluding carboxylic acids is 1. The van der Waals surface area contributed by atoms with Gasteiger partial charge in [0.15, 0.2) is 0 Å². The second-order valence-corrected chi connectivity index (χ2v) is 11.2. The summed E-state index contributed by atoms with van der Waals surface area (Å²) >= 11 is 0. The van der Waals surface area contributed by atoms with Gasteiger partial charge in [0, 0.05) is 50.3 Å². The first-order valence-electron chi connectivity index (χ1n) is 13.9. The van der Waals surface area contributed by atoms with Crippen molar-refractivity contribution in [2.24, 2.45) is 5.41 Å². The van der Waals surface area contributed by atoms with E-state index < -0.39 is 6.10 Å². The molecule has 0 bridgehead atoms. The Morgan fingerprint density at radius 2 is 1.90 bits per heavy atom. The summed E-state index contributed by atoms with van der Waals surface area (Å²) in [7, 11) is 2.20. The van der Waals surface area contributed by atoms with E-state index in [0.717, 1.165) is 30.8 Å². The van der Waals surface area contributed by atoms with Crippen LogP contribution in [0.25, 0.3) is 0 Å². The van der Waals surface area contributed by atoms with Crippen molar-refractivity contribution in [2.75, 3.05) is 55.3 Å². The number of carbonyl (C=O) groups is 1. The summed E-state index contributed by atoms with van der Waals surface area (Å²) in [5.74, 6) is 0.852. The fourth-order valence-electron chi connectivity index (χ4n) is 6.13. The van der Waals surface area contributed by atoms with E-state index in [1.807, 2.05) is 24.3 Å². The Hall–Kier alpha value is -4.02. The molecule has 1 aliphatic carbocycles. The molecule has 40 heavy (non-hydrogen) atoms. The minimum atomic E-state index is -0.580. The molecule has 3 aliphatic rings. The average molecular weight is 541 g/mol. The highest BCUT2D eigenvalue weighted by Crippen LogP contribution is 2.40. The van der Waals surface area contributed by atoms with E-state index in [-0.39, 0.29) is 11.5 Å². The fraction of sp³-hybridized carbons (Fsp3) is 0.400. The van der Waals surface area contributed by atoms with Gasteiger partial charge in [-0.15, -0.1) is 6.58 Å². The maximum Gasteiger partial charge on any atom is 0.256 e. The van der Waals surface area contributed by atoms with Crippen LogP contribution in [-0.2, 0) is 6.42 Å². The van der Waals surface area contributed by atoms with Crippen LogP contribution in [0.5, 0.6) is 0 Å². The van der Waals surface area contributed by atoms with E-state index in [1.54, 1.807) is 6.08 Å². The van der Waals surface area contributed by atoms with Gasteiger partial charge in [-0.25, -0.2) is 9.97 Å². The van der Waals surface area contributed by atoms with Crippen LogP contribution >= 0.6 is 0 Å². The van der Waals surface area contributed by atoms with Crippen LogP contribution < -0.4 is 20.9 Å². The Morgan fingerprint density at radius 1 is 1.12 bits per heavy atom. The molecule has 3 aromatic rings. The number of nitrogens with zero attached hydrogens (tertiary/aromatic N) is 5. The quantitative estimate of drug-likeness (QED) is 0.317. The third-order valence-electron chi connectivity index (χ3n) is 8.23. The number of benzene rings is 1. The number of piperidine rings is 1. The van der Waals surface area contributed by atoms with Gasteiger partial charge in [0.2, 0.25) is 5.95 Å². The Bertz CT molecular complexity index is 1390. The molecule has 208 valence electrons. The topological polar surface area (TPSA) is 119 Å². The monoisotopic (exact) mass is 540 g/mol. The maximum absolute atomic E-state index is 12.8. The summed E-state index contributed by atoms with van der Waals surface area (Å²) in [4.78, 5) is 31.3. The standard InChI is InChI=1S/C30H36N8O2/c1-3-14-31-28(40)23-17-32-29(36-27(23)35-25-11-5-20-4-10-24(39)26(20)34-25)33-21-6-8-22(9-7-21)38-15-12-30(13-16-38)18-37(2)19-30/h3,5-9,11,17,24,39H,1,4,10,12-16,18-19H2,2H3,(H,31,40)(H2,32,33,34,35,36). The van der Waals surface area contributed by atoms with Crippen molar-refractivity contribution < 1.29 is 9.90 Å². The lowest BCUT2D eigenvalue weighted by Crippen LogP contribution is -2.58. The molecule has 1 unspecified atom stereocenters. The number of hydrogen-bond donors (Lipinski definition) is 4. The molecule has 10 nitrogen and oxygen atoms in total. The average Bonchev–Trinajstić information content (AvgIpc) is 3.32. The molecule has 2 saturated heterocycles. The Kier molecular flexibility index (Phi) is 7.12. The number of amides is 1. The first kappa shape index (κ1) is 26.2. The second kappa shape index (κ2) is 10.9. The molecule has 4 N–H and O–H groups in total. The lowest BCUT2D eigenvalue weighted by atomic mass is 9.72. The Morgan fingerprint density at radius 3 is 2.62 bits per heavy atom. The van der Waals surface area contributed by atoms with Crippen molar-refractivity contribution in [3.8, 4) is 0 Å². The van der Waals surface area contributed by atoms with Gasteiger partial charge >= 0.3 is 0 Å². The number of rotatable bonds is 8. The number of fused-ring (bicyclic) bond motifs is 1. The molecular formula is C30H36N8O2. The minimum absolute atomic E-state index is 0.283. The molecule has 1 aromatic carbocycles. The van der Waals surface area contributed by atoms with Gasteiger partial charge in [-0.05, 0) is 74.0 Å². The molecule has 1 spiro atoms. The number of anilines is 5. The predicted molar refractivity (Wildman–Crippen MR) is 156 cm³/mol. The zero-order valence-electron chi connectivity index (χ0n) is 22.9. The van der Waals surface area contributed by atoms with Crippen LogP contribution in [-0.4, -0.2) is 70.6 Å². The van der Waals surface area contributed by atoms with Crippen molar-refractivity contribution in [3.05, 3.63) is 72.1 Å². The predicted octanol–water partition coefficient (Wildman–Crippen LogP) is 3.79. The summed E-state index contributed by atoms with van der Waals surface area (Å²) in [6, 6.07) is 12.1.